The Morgan fingerprint density at radius 2 is 2.06 bits per heavy atom. The minimum absolute atomic E-state index is 0.0709. The van der Waals surface area contributed by atoms with Crippen molar-refractivity contribution in [2.75, 3.05) is 13.1 Å². The van der Waals surface area contributed by atoms with Gasteiger partial charge in [0, 0.05) is 19.0 Å². The van der Waals surface area contributed by atoms with E-state index in [2.05, 4.69) is 26.7 Å². The fourth-order valence-electron chi connectivity index (χ4n) is 1.88. The van der Waals surface area contributed by atoms with Crippen LogP contribution in [0.2, 0.25) is 0 Å². The summed E-state index contributed by atoms with van der Waals surface area (Å²) in [5.74, 6) is 2.59. The highest BCUT2D eigenvalue weighted by molar-refractivity contribution is 5.77. The van der Waals surface area contributed by atoms with Crippen molar-refractivity contribution in [2.45, 2.75) is 53.0 Å². The van der Waals surface area contributed by atoms with Crippen LogP contribution in [0.25, 0.3) is 0 Å². The number of carbonyl (C=O) groups excluding carboxylic acids is 1. The lowest BCUT2D eigenvalue weighted by Crippen LogP contribution is -2.38. The predicted octanol–water partition coefficient (Wildman–Crippen LogP) is 2.01. The summed E-state index contributed by atoms with van der Waals surface area (Å²) < 4.78 is 0. The van der Waals surface area contributed by atoms with Gasteiger partial charge in [0.15, 0.2) is 0 Å². The Morgan fingerprint density at radius 1 is 1.47 bits per heavy atom. The van der Waals surface area contributed by atoms with E-state index in [9.17, 15) is 4.79 Å². The van der Waals surface area contributed by atoms with Gasteiger partial charge in [0.05, 0.1) is 6.54 Å². The molecule has 0 rings (SSSR count). The molecule has 0 heterocycles. The third-order valence-corrected chi connectivity index (χ3v) is 2.44. The van der Waals surface area contributed by atoms with Gasteiger partial charge >= 0.3 is 0 Å². The maximum Gasteiger partial charge on any atom is 0.224 e. The maximum atomic E-state index is 12.0. The highest BCUT2D eigenvalue weighted by Gasteiger charge is 2.20. The fourth-order valence-corrected chi connectivity index (χ4v) is 1.88. The number of nitrogens with two attached hydrogens (primary N) is 1. The lowest BCUT2D eigenvalue weighted by Gasteiger charge is -2.25. The zero-order valence-electron chi connectivity index (χ0n) is 11.6. The highest BCUT2D eigenvalue weighted by atomic mass is 16.2. The van der Waals surface area contributed by atoms with Crippen molar-refractivity contribution >= 4 is 5.91 Å². The number of amides is 1. The summed E-state index contributed by atoms with van der Waals surface area (Å²) in [7, 11) is 0. The van der Waals surface area contributed by atoms with E-state index in [4.69, 9.17) is 12.2 Å². The van der Waals surface area contributed by atoms with Gasteiger partial charge in [0.25, 0.3) is 0 Å². The Kier molecular flexibility index (Phi) is 6.91. The van der Waals surface area contributed by atoms with Crippen molar-refractivity contribution in [3.05, 3.63) is 0 Å². The number of hydrogen-bond acceptors (Lipinski definition) is 2. The Morgan fingerprint density at radius 3 is 2.47 bits per heavy atom. The summed E-state index contributed by atoms with van der Waals surface area (Å²) in [4.78, 5) is 13.7. The second-order valence-corrected chi connectivity index (χ2v) is 5.75. The largest absolute Gasteiger partial charge is 0.332 e. The van der Waals surface area contributed by atoms with Crippen LogP contribution in [0.15, 0.2) is 0 Å². The van der Waals surface area contributed by atoms with Gasteiger partial charge in [-0.15, -0.1) is 6.42 Å². The summed E-state index contributed by atoms with van der Waals surface area (Å²) in [5, 5.41) is 0. The molecule has 1 atom stereocenters. The molecule has 1 amide bonds. The molecule has 3 nitrogen and oxygen atoms in total. The van der Waals surface area contributed by atoms with E-state index in [1.807, 2.05) is 6.92 Å². The van der Waals surface area contributed by atoms with E-state index in [1.165, 1.54) is 0 Å². The molecule has 0 bridgehead atoms. The minimum Gasteiger partial charge on any atom is -0.332 e. The average molecular weight is 238 g/mol. The Hall–Kier alpha value is -1.01. The molecule has 98 valence electrons. The van der Waals surface area contributed by atoms with Gasteiger partial charge in [-0.2, -0.15) is 0 Å². The first-order valence-electron chi connectivity index (χ1n) is 6.27. The van der Waals surface area contributed by atoms with Crippen molar-refractivity contribution in [1.82, 2.24) is 4.90 Å². The smallest absolute Gasteiger partial charge is 0.224 e. The van der Waals surface area contributed by atoms with Crippen molar-refractivity contribution < 1.29 is 4.79 Å². The molecular weight excluding hydrogens is 212 g/mol. The number of terminal acetylenes is 1. The molecule has 0 saturated carbocycles. The normalized spacial score (nSPS) is 12.9. The Balaban J connectivity index is 4.25. The molecule has 1 unspecified atom stereocenters. The summed E-state index contributed by atoms with van der Waals surface area (Å²) in [6.07, 6.45) is 7.40. The van der Waals surface area contributed by atoms with Gasteiger partial charge in [-0.3, -0.25) is 4.79 Å². The second kappa shape index (κ2) is 7.34. The van der Waals surface area contributed by atoms with Crippen LogP contribution in [0.1, 0.15) is 47.0 Å². The molecule has 17 heavy (non-hydrogen) atoms. The molecule has 0 aliphatic carbocycles. The van der Waals surface area contributed by atoms with Gasteiger partial charge in [0.2, 0.25) is 5.91 Å². The molecule has 0 aromatic rings. The summed E-state index contributed by atoms with van der Waals surface area (Å²) >= 11 is 0. The van der Waals surface area contributed by atoms with Crippen molar-refractivity contribution in [3.63, 3.8) is 0 Å². The van der Waals surface area contributed by atoms with E-state index in [0.717, 1.165) is 12.8 Å². The standard InChI is InChI=1S/C14H26N2O/c1-6-8-16(9-7-2)13(17)10-12(15)11-14(3,4)5/h1,12H,7-11,15H2,2-5H3. The van der Waals surface area contributed by atoms with Gasteiger partial charge in [-0.05, 0) is 18.3 Å². The molecule has 2 N–H and O–H groups in total. The Bertz CT molecular complexity index is 273. The first-order chi connectivity index (χ1) is 7.80. The predicted molar refractivity (Wildman–Crippen MR) is 72.4 cm³/mol. The summed E-state index contributed by atoms with van der Waals surface area (Å²) in [5.41, 5.74) is 6.15. The molecule has 0 aromatic heterocycles. The van der Waals surface area contributed by atoms with Crippen molar-refractivity contribution in [1.29, 1.82) is 0 Å². The maximum absolute atomic E-state index is 12.0. The molecule has 0 aliphatic rings. The highest BCUT2D eigenvalue weighted by Crippen LogP contribution is 2.21. The SMILES string of the molecule is C#CCN(CCC)C(=O)CC(N)CC(C)(C)C. The van der Waals surface area contributed by atoms with Crippen molar-refractivity contribution in [2.24, 2.45) is 11.1 Å². The van der Waals surface area contributed by atoms with E-state index < -0.39 is 0 Å². The molecular formula is C14H26N2O. The molecule has 0 radical (unpaired) electrons. The Labute approximate surface area is 106 Å². The molecule has 0 aliphatic heterocycles. The fraction of sp³-hybridized carbons (Fsp3) is 0.786. The molecule has 0 aromatic carbocycles. The minimum atomic E-state index is -0.0837. The van der Waals surface area contributed by atoms with E-state index >= 15 is 0 Å². The molecule has 0 saturated heterocycles. The van der Waals surface area contributed by atoms with Crippen LogP contribution in [-0.4, -0.2) is 29.9 Å². The zero-order chi connectivity index (χ0) is 13.5. The van der Waals surface area contributed by atoms with E-state index in [0.29, 0.717) is 19.5 Å². The molecule has 0 fully saturated rings. The summed E-state index contributed by atoms with van der Waals surface area (Å²) in [6, 6.07) is -0.0837. The first-order valence-corrected chi connectivity index (χ1v) is 6.27. The molecule has 0 spiro atoms. The molecule has 3 heteroatoms. The topological polar surface area (TPSA) is 46.3 Å². The van der Waals surface area contributed by atoms with Gasteiger partial charge in [-0.25, -0.2) is 0 Å². The first kappa shape index (κ1) is 16.0. The third kappa shape index (κ3) is 7.82. The lowest BCUT2D eigenvalue weighted by atomic mass is 9.87. The monoisotopic (exact) mass is 238 g/mol. The number of hydrogen-bond donors (Lipinski definition) is 1. The average Bonchev–Trinajstić information content (AvgIpc) is 2.14. The van der Waals surface area contributed by atoms with Crippen LogP contribution in [-0.2, 0) is 4.79 Å². The second-order valence-electron chi connectivity index (χ2n) is 5.75. The van der Waals surface area contributed by atoms with Crippen LogP contribution < -0.4 is 5.73 Å². The number of rotatable bonds is 6. The van der Waals surface area contributed by atoms with Crippen LogP contribution in [0, 0.1) is 17.8 Å². The quantitative estimate of drug-likeness (QED) is 0.720. The number of carbonyl (C=O) groups is 1. The lowest BCUT2D eigenvalue weighted by molar-refractivity contribution is -0.131. The van der Waals surface area contributed by atoms with E-state index in [1.54, 1.807) is 4.90 Å². The zero-order valence-corrected chi connectivity index (χ0v) is 11.6. The number of nitrogens with zero attached hydrogens (tertiary/aromatic N) is 1. The van der Waals surface area contributed by atoms with Crippen molar-refractivity contribution in [3.8, 4) is 12.3 Å². The van der Waals surface area contributed by atoms with Crippen LogP contribution >= 0.6 is 0 Å². The summed E-state index contributed by atoms with van der Waals surface area (Å²) in [6.45, 7) is 9.51. The van der Waals surface area contributed by atoms with E-state index in [-0.39, 0.29) is 17.4 Å². The third-order valence-electron chi connectivity index (χ3n) is 2.44. The van der Waals surface area contributed by atoms with Gasteiger partial charge < -0.3 is 10.6 Å². The van der Waals surface area contributed by atoms with Crippen LogP contribution in [0.5, 0.6) is 0 Å². The van der Waals surface area contributed by atoms with Gasteiger partial charge in [0.1, 0.15) is 0 Å². The van der Waals surface area contributed by atoms with Gasteiger partial charge in [-0.1, -0.05) is 33.6 Å². The van der Waals surface area contributed by atoms with Crippen LogP contribution in [0.3, 0.4) is 0 Å². The van der Waals surface area contributed by atoms with Crippen LogP contribution in [0.4, 0.5) is 0 Å².